The van der Waals surface area contributed by atoms with Crippen molar-refractivity contribution in [2.24, 2.45) is 5.10 Å². The summed E-state index contributed by atoms with van der Waals surface area (Å²) in [6.07, 6.45) is 5.81. The van der Waals surface area contributed by atoms with Gasteiger partial charge in [-0.2, -0.15) is 5.10 Å². The van der Waals surface area contributed by atoms with Gasteiger partial charge in [0.25, 0.3) is 11.5 Å². The summed E-state index contributed by atoms with van der Waals surface area (Å²) in [4.78, 5) is 33.0. The first-order valence-electron chi connectivity index (χ1n) is 10.6. The van der Waals surface area contributed by atoms with Crippen LogP contribution in [0.4, 0.5) is 0 Å². The maximum absolute atomic E-state index is 13.5. The summed E-state index contributed by atoms with van der Waals surface area (Å²) in [5.41, 5.74) is 5.58. The molecule has 0 unspecified atom stereocenters. The summed E-state index contributed by atoms with van der Waals surface area (Å²) in [5, 5.41) is 4.77. The Kier molecular flexibility index (Phi) is 5.41. The van der Waals surface area contributed by atoms with Gasteiger partial charge in [-0.05, 0) is 61.9 Å². The molecule has 0 saturated carbocycles. The van der Waals surface area contributed by atoms with Gasteiger partial charge in [-0.1, -0.05) is 36.4 Å². The molecule has 6 nitrogen and oxygen atoms in total. The highest BCUT2D eigenvalue weighted by molar-refractivity contribution is 7.18. The molecule has 7 heteroatoms. The molecular weight excluding hydrogens is 420 g/mol. The fourth-order valence-electron chi connectivity index (χ4n) is 4.17. The van der Waals surface area contributed by atoms with E-state index in [1.807, 2.05) is 43.3 Å². The number of benzene rings is 2. The number of thiophene rings is 1. The minimum absolute atomic E-state index is 0.0634. The molecule has 0 saturated heterocycles. The Balaban J connectivity index is 1.48. The Hall–Kier alpha value is -3.58. The lowest BCUT2D eigenvalue weighted by atomic mass is 9.97. The van der Waals surface area contributed by atoms with Crippen LogP contribution in [0, 0.1) is 6.92 Å². The molecule has 2 heterocycles. The number of hydrazone groups is 1. The number of fused-ring (bicyclic) bond motifs is 3. The van der Waals surface area contributed by atoms with Crippen LogP contribution in [0.2, 0.25) is 0 Å². The first-order valence-corrected chi connectivity index (χ1v) is 11.5. The minimum atomic E-state index is -0.341. The summed E-state index contributed by atoms with van der Waals surface area (Å²) < 4.78 is 1.61. The van der Waals surface area contributed by atoms with Crippen molar-refractivity contribution in [3.8, 4) is 5.69 Å². The van der Waals surface area contributed by atoms with Crippen LogP contribution in [0.25, 0.3) is 15.9 Å². The number of aryl methyl sites for hydroxylation is 3. The standard InChI is InChI=1S/C25H22N4O2S/c1-16-27-24-22(20-12-5-6-13-21(20)32-24)25(31)29(16)19-11-7-10-18(14-19)23(30)28-26-15-17-8-3-2-4-9-17/h2-4,7-11,14-15H,5-6,12-13H2,1H3,(H,28,30)/b26-15+. The number of rotatable bonds is 4. The van der Waals surface area contributed by atoms with E-state index in [2.05, 4.69) is 10.5 Å². The van der Waals surface area contributed by atoms with Crippen molar-refractivity contribution < 1.29 is 4.79 Å². The molecule has 32 heavy (non-hydrogen) atoms. The molecule has 0 bridgehead atoms. The highest BCUT2D eigenvalue weighted by Crippen LogP contribution is 2.34. The third kappa shape index (κ3) is 3.76. The number of amides is 1. The van der Waals surface area contributed by atoms with Crippen molar-refractivity contribution in [1.82, 2.24) is 15.0 Å². The zero-order chi connectivity index (χ0) is 22.1. The van der Waals surface area contributed by atoms with Crippen LogP contribution in [-0.4, -0.2) is 21.7 Å². The maximum atomic E-state index is 13.5. The molecule has 1 N–H and O–H groups in total. The quantitative estimate of drug-likeness (QED) is 0.376. The number of nitrogens with zero attached hydrogens (tertiary/aromatic N) is 3. The predicted octanol–water partition coefficient (Wildman–Crippen LogP) is 4.40. The number of carbonyl (C=O) groups excluding carboxylic acids is 1. The monoisotopic (exact) mass is 442 g/mol. The molecular formula is C25H22N4O2S. The van der Waals surface area contributed by atoms with Crippen LogP contribution >= 0.6 is 11.3 Å². The predicted molar refractivity (Wildman–Crippen MR) is 128 cm³/mol. The maximum Gasteiger partial charge on any atom is 0.271 e. The van der Waals surface area contributed by atoms with Crippen LogP contribution in [0.3, 0.4) is 0 Å². The Morgan fingerprint density at radius 2 is 1.94 bits per heavy atom. The van der Waals surface area contributed by atoms with Gasteiger partial charge < -0.3 is 0 Å². The number of aromatic nitrogens is 2. The van der Waals surface area contributed by atoms with Gasteiger partial charge in [-0.3, -0.25) is 14.2 Å². The van der Waals surface area contributed by atoms with E-state index in [1.165, 1.54) is 4.88 Å². The van der Waals surface area contributed by atoms with Gasteiger partial charge in [0.2, 0.25) is 0 Å². The van der Waals surface area contributed by atoms with Crippen LogP contribution in [0.1, 0.15) is 45.0 Å². The van der Waals surface area contributed by atoms with Crippen molar-refractivity contribution in [2.75, 3.05) is 0 Å². The van der Waals surface area contributed by atoms with Crippen molar-refractivity contribution >= 4 is 33.7 Å². The second-order valence-corrected chi connectivity index (χ2v) is 8.93. The molecule has 1 amide bonds. The van der Waals surface area contributed by atoms with Crippen molar-refractivity contribution in [3.05, 3.63) is 92.3 Å². The molecule has 0 spiro atoms. The van der Waals surface area contributed by atoms with Crippen LogP contribution in [-0.2, 0) is 12.8 Å². The number of hydrogen-bond acceptors (Lipinski definition) is 5. The highest BCUT2D eigenvalue weighted by Gasteiger charge is 2.21. The second kappa shape index (κ2) is 8.51. The average Bonchev–Trinajstić information content (AvgIpc) is 3.18. The lowest BCUT2D eigenvalue weighted by Gasteiger charge is -2.12. The van der Waals surface area contributed by atoms with Gasteiger partial charge >= 0.3 is 0 Å². The van der Waals surface area contributed by atoms with E-state index in [0.717, 1.165) is 47.0 Å². The normalized spacial score (nSPS) is 13.4. The summed E-state index contributed by atoms with van der Waals surface area (Å²) in [7, 11) is 0. The molecule has 1 aliphatic carbocycles. The zero-order valence-corrected chi connectivity index (χ0v) is 18.5. The summed E-state index contributed by atoms with van der Waals surface area (Å²) in [6, 6.07) is 16.5. The van der Waals surface area contributed by atoms with Gasteiger partial charge in [-0.15, -0.1) is 11.3 Å². The molecule has 1 aliphatic rings. The van der Waals surface area contributed by atoms with Crippen molar-refractivity contribution in [3.63, 3.8) is 0 Å². The fourth-order valence-corrected chi connectivity index (χ4v) is 5.46. The van der Waals surface area contributed by atoms with Crippen LogP contribution in [0.15, 0.2) is 64.5 Å². The van der Waals surface area contributed by atoms with Crippen LogP contribution < -0.4 is 11.0 Å². The van der Waals surface area contributed by atoms with E-state index < -0.39 is 0 Å². The van der Waals surface area contributed by atoms with E-state index in [1.54, 1.807) is 40.3 Å². The van der Waals surface area contributed by atoms with Crippen molar-refractivity contribution in [2.45, 2.75) is 32.6 Å². The molecule has 0 fully saturated rings. The topological polar surface area (TPSA) is 76.3 Å². The second-order valence-electron chi connectivity index (χ2n) is 7.85. The lowest BCUT2D eigenvalue weighted by Crippen LogP contribution is -2.23. The van der Waals surface area contributed by atoms with Gasteiger partial charge in [0.05, 0.1) is 17.3 Å². The molecule has 0 radical (unpaired) electrons. The zero-order valence-electron chi connectivity index (χ0n) is 17.7. The minimum Gasteiger partial charge on any atom is -0.268 e. The highest BCUT2D eigenvalue weighted by atomic mass is 32.1. The Labute approximate surface area is 189 Å². The van der Waals surface area contributed by atoms with Gasteiger partial charge in [0, 0.05) is 10.4 Å². The van der Waals surface area contributed by atoms with E-state index >= 15 is 0 Å². The first kappa shape index (κ1) is 20.3. The van der Waals surface area contributed by atoms with Gasteiger partial charge in [-0.25, -0.2) is 10.4 Å². The summed E-state index contributed by atoms with van der Waals surface area (Å²) >= 11 is 1.64. The van der Waals surface area contributed by atoms with Crippen LogP contribution in [0.5, 0.6) is 0 Å². The van der Waals surface area contributed by atoms with E-state index in [0.29, 0.717) is 17.1 Å². The first-order chi connectivity index (χ1) is 15.6. The number of hydrogen-bond donors (Lipinski definition) is 1. The van der Waals surface area contributed by atoms with Gasteiger partial charge in [0.1, 0.15) is 10.7 Å². The van der Waals surface area contributed by atoms with Crippen molar-refractivity contribution in [1.29, 1.82) is 0 Å². The summed E-state index contributed by atoms with van der Waals surface area (Å²) in [6.45, 7) is 1.83. The Bertz CT molecular complexity index is 1400. The third-order valence-electron chi connectivity index (χ3n) is 5.70. The molecule has 4 aromatic rings. The average molecular weight is 443 g/mol. The van der Waals surface area contributed by atoms with Gasteiger partial charge in [0.15, 0.2) is 0 Å². The SMILES string of the molecule is Cc1nc2sc3c(c2c(=O)n1-c1cccc(C(=O)N/N=C/c2ccccc2)c1)CCCC3. The molecule has 160 valence electrons. The fraction of sp³-hybridized carbons (Fsp3) is 0.200. The molecule has 2 aromatic carbocycles. The Morgan fingerprint density at radius 1 is 1.12 bits per heavy atom. The molecule has 5 rings (SSSR count). The molecule has 2 aromatic heterocycles. The molecule has 0 aliphatic heterocycles. The summed E-state index contributed by atoms with van der Waals surface area (Å²) in [5.74, 6) is 0.271. The van der Waals surface area contributed by atoms with E-state index in [-0.39, 0.29) is 11.5 Å². The number of nitrogens with one attached hydrogen (secondary N) is 1. The third-order valence-corrected chi connectivity index (χ3v) is 6.89. The Morgan fingerprint density at radius 3 is 2.78 bits per heavy atom. The molecule has 0 atom stereocenters. The van der Waals surface area contributed by atoms with E-state index in [9.17, 15) is 9.59 Å². The lowest BCUT2D eigenvalue weighted by molar-refractivity contribution is 0.0955. The van der Waals surface area contributed by atoms with E-state index in [4.69, 9.17) is 4.98 Å². The number of carbonyl (C=O) groups is 1. The smallest absolute Gasteiger partial charge is 0.268 e. The largest absolute Gasteiger partial charge is 0.271 e.